The van der Waals surface area contributed by atoms with E-state index >= 15 is 0 Å². The second-order valence-electron chi connectivity index (χ2n) is 6.53. The zero-order valence-corrected chi connectivity index (χ0v) is 13.3. The lowest BCUT2D eigenvalue weighted by atomic mass is 10.0. The number of nitrogens with zero attached hydrogens (tertiary/aromatic N) is 1. The Morgan fingerprint density at radius 2 is 1.76 bits per heavy atom. The Kier molecular flexibility index (Phi) is 5.88. The van der Waals surface area contributed by atoms with Gasteiger partial charge in [0.25, 0.3) is 0 Å². The minimum Gasteiger partial charge on any atom is -0.399 e. The van der Waals surface area contributed by atoms with E-state index in [1.807, 2.05) is 18.2 Å². The van der Waals surface area contributed by atoms with Crippen LogP contribution < -0.4 is 11.5 Å². The van der Waals surface area contributed by atoms with E-state index in [-0.39, 0.29) is 0 Å². The van der Waals surface area contributed by atoms with Crippen LogP contribution in [0.4, 0.5) is 11.4 Å². The van der Waals surface area contributed by atoms with E-state index in [9.17, 15) is 0 Å². The summed E-state index contributed by atoms with van der Waals surface area (Å²) in [5.41, 5.74) is 14.7. The molecule has 0 radical (unpaired) electrons. The second kappa shape index (κ2) is 7.66. The van der Waals surface area contributed by atoms with Gasteiger partial charge >= 0.3 is 0 Å². The first-order valence-corrected chi connectivity index (χ1v) is 8.14. The third-order valence-corrected chi connectivity index (χ3v) is 4.61. The van der Waals surface area contributed by atoms with E-state index in [2.05, 4.69) is 7.05 Å². The summed E-state index contributed by atoms with van der Waals surface area (Å²) in [6.45, 7) is 5.46. The SMILES string of the molecule is C[N+]1(CCCCCCc2cc(N)ccc2N)CCOCC1. The Bertz CT molecular complexity index is 442. The van der Waals surface area contributed by atoms with E-state index in [4.69, 9.17) is 16.2 Å². The number of hydrogen-bond donors (Lipinski definition) is 2. The van der Waals surface area contributed by atoms with Gasteiger partial charge in [0.1, 0.15) is 13.1 Å². The highest BCUT2D eigenvalue weighted by atomic mass is 16.5. The molecule has 0 aliphatic carbocycles. The van der Waals surface area contributed by atoms with Crippen LogP contribution in [0.1, 0.15) is 31.2 Å². The molecule has 4 nitrogen and oxygen atoms in total. The highest BCUT2D eigenvalue weighted by molar-refractivity contribution is 5.55. The molecule has 1 aliphatic rings. The average Bonchev–Trinajstić information content (AvgIpc) is 2.47. The van der Waals surface area contributed by atoms with Gasteiger partial charge in [-0.1, -0.05) is 6.42 Å². The topological polar surface area (TPSA) is 61.3 Å². The van der Waals surface area contributed by atoms with Gasteiger partial charge in [0, 0.05) is 11.4 Å². The standard InChI is InChI=1S/C17H30N3O/c1-20(10-12-21-13-11-20)9-5-3-2-4-6-15-14-16(18)7-8-17(15)19/h7-8,14H,2-6,9-13,18-19H2,1H3/q+1. The lowest BCUT2D eigenvalue weighted by molar-refractivity contribution is -0.917. The minimum absolute atomic E-state index is 0.809. The monoisotopic (exact) mass is 292 g/mol. The first-order valence-electron chi connectivity index (χ1n) is 8.14. The fraction of sp³-hybridized carbons (Fsp3) is 0.647. The van der Waals surface area contributed by atoms with Crippen LogP contribution in [0.3, 0.4) is 0 Å². The third kappa shape index (κ3) is 5.21. The molecule has 0 unspecified atom stereocenters. The van der Waals surface area contributed by atoms with Gasteiger partial charge in [0.2, 0.25) is 0 Å². The number of benzene rings is 1. The largest absolute Gasteiger partial charge is 0.399 e. The van der Waals surface area contributed by atoms with Crippen LogP contribution in [0.25, 0.3) is 0 Å². The molecule has 1 aromatic carbocycles. The molecule has 21 heavy (non-hydrogen) atoms. The number of nitrogens with two attached hydrogens (primary N) is 2. The van der Waals surface area contributed by atoms with Crippen LogP contribution >= 0.6 is 0 Å². The van der Waals surface area contributed by atoms with Gasteiger partial charge in [-0.3, -0.25) is 0 Å². The van der Waals surface area contributed by atoms with Gasteiger partial charge in [-0.05, 0) is 49.4 Å². The summed E-state index contributed by atoms with van der Waals surface area (Å²) in [6, 6.07) is 5.79. The van der Waals surface area contributed by atoms with E-state index in [0.717, 1.165) is 31.0 Å². The summed E-state index contributed by atoms with van der Waals surface area (Å²) in [4.78, 5) is 0. The second-order valence-corrected chi connectivity index (χ2v) is 6.53. The van der Waals surface area contributed by atoms with E-state index < -0.39 is 0 Å². The molecule has 0 spiro atoms. The summed E-state index contributed by atoms with van der Waals surface area (Å²) in [7, 11) is 2.36. The van der Waals surface area contributed by atoms with Crippen LogP contribution in [-0.4, -0.2) is 44.4 Å². The van der Waals surface area contributed by atoms with Crippen LogP contribution in [0.5, 0.6) is 0 Å². The number of ether oxygens (including phenoxy) is 1. The molecule has 0 atom stereocenters. The molecular formula is C17H30N3O+. The molecule has 0 saturated carbocycles. The maximum atomic E-state index is 5.98. The molecule has 1 fully saturated rings. The first kappa shape index (κ1) is 16.1. The number of anilines is 2. The number of aryl methyl sites for hydroxylation is 1. The van der Waals surface area contributed by atoms with Crippen molar-refractivity contribution in [1.82, 2.24) is 0 Å². The van der Waals surface area contributed by atoms with Crippen LogP contribution in [0.2, 0.25) is 0 Å². The lowest BCUT2D eigenvalue weighted by Gasteiger charge is -2.37. The van der Waals surface area contributed by atoms with Crippen molar-refractivity contribution < 1.29 is 9.22 Å². The molecule has 2 rings (SSSR count). The molecule has 0 bridgehead atoms. The number of morpholine rings is 1. The van der Waals surface area contributed by atoms with Crippen molar-refractivity contribution in [3.63, 3.8) is 0 Å². The number of nitrogen functional groups attached to an aromatic ring is 2. The van der Waals surface area contributed by atoms with Crippen LogP contribution in [0, 0.1) is 0 Å². The van der Waals surface area contributed by atoms with Gasteiger partial charge in [-0.15, -0.1) is 0 Å². The Hall–Kier alpha value is -1.26. The smallest absolute Gasteiger partial charge is 0.102 e. The van der Waals surface area contributed by atoms with E-state index in [0.29, 0.717) is 0 Å². The van der Waals surface area contributed by atoms with Crippen molar-refractivity contribution in [3.8, 4) is 0 Å². The Morgan fingerprint density at radius 1 is 1.05 bits per heavy atom. The minimum atomic E-state index is 0.809. The van der Waals surface area contributed by atoms with Gasteiger partial charge in [0.15, 0.2) is 0 Å². The van der Waals surface area contributed by atoms with Crippen molar-refractivity contribution in [1.29, 1.82) is 0 Å². The maximum Gasteiger partial charge on any atom is 0.102 e. The summed E-state index contributed by atoms with van der Waals surface area (Å²) in [6.07, 6.45) is 6.11. The highest BCUT2D eigenvalue weighted by Crippen LogP contribution is 2.19. The van der Waals surface area contributed by atoms with Crippen LogP contribution in [0.15, 0.2) is 18.2 Å². The summed E-state index contributed by atoms with van der Waals surface area (Å²) >= 11 is 0. The molecule has 4 N–H and O–H groups in total. The highest BCUT2D eigenvalue weighted by Gasteiger charge is 2.24. The maximum absolute atomic E-state index is 5.98. The van der Waals surface area contributed by atoms with Crippen molar-refractivity contribution >= 4 is 11.4 Å². The Balaban J connectivity index is 1.60. The zero-order chi connectivity index (χ0) is 15.1. The molecular weight excluding hydrogens is 262 g/mol. The molecule has 118 valence electrons. The van der Waals surface area contributed by atoms with Gasteiger partial charge in [-0.2, -0.15) is 0 Å². The van der Waals surface area contributed by atoms with Crippen molar-refractivity contribution in [3.05, 3.63) is 23.8 Å². The first-order chi connectivity index (χ1) is 10.1. The quantitative estimate of drug-likeness (QED) is 0.461. The molecule has 1 saturated heterocycles. The van der Waals surface area contributed by atoms with Crippen molar-refractivity contribution in [2.75, 3.05) is 51.4 Å². The van der Waals surface area contributed by atoms with Crippen molar-refractivity contribution in [2.24, 2.45) is 0 Å². The Labute approximate surface area is 128 Å². The third-order valence-electron chi connectivity index (χ3n) is 4.61. The summed E-state index contributed by atoms with van der Waals surface area (Å²) in [5, 5.41) is 0. The molecule has 1 aliphatic heterocycles. The number of likely N-dealkylation sites (N-methyl/N-ethyl adjacent to an activating group) is 1. The zero-order valence-electron chi connectivity index (χ0n) is 13.3. The number of rotatable bonds is 7. The number of hydrogen-bond acceptors (Lipinski definition) is 3. The fourth-order valence-corrected chi connectivity index (χ4v) is 3.01. The van der Waals surface area contributed by atoms with Gasteiger partial charge in [-0.25, -0.2) is 0 Å². The van der Waals surface area contributed by atoms with Gasteiger partial charge in [0.05, 0.1) is 26.8 Å². The number of unbranched alkanes of at least 4 members (excludes halogenated alkanes) is 3. The number of quaternary nitrogens is 1. The molecule has 1 heterocycles. The van der Waals surface area contributed by atoms with Crippen molar-refractivity contribution in [2.45, 2.75) is 32.1 Å². The molecule has 0 aromatic heterocycles. The molecule has 1 aromatic rings. The fourth-order valence-electron chi connectivity index (χ4n) is 3.01. The van der Waals surface area contributed by atoms with E-state index in [1.54, 1.807) is 0 Å². The average molecular weight is 292 g/mol. The van der Waals surface area contributed by atoms with Crippen LogP contribution in [-0.2, 0) is 11.2 Å². The molecule has 0 amide bonds. The lowest BCUT2D eigenvalue weighted by Crippen LogP contribution is -2.52. The summed E-state index contributed by atoms with van der Waals surface area (Å²) in [5.74, 6) is 0. The summed E-state index contributed by atoms with van der Waals surface area (Å²) < 4.78 is 6.62. The van der Waals surface area contributed by atoms with Gasteiger partial charge < -0.3 is 20.7 Å². The predicted octanol–water partition coefficient (Wildman–Crippen LogP) is 2.43. The van der Waals surface area contributed by atoms with E-state index in [1.165, 1.54) is 55.4 Å². The molecule has 4 heteroatoms. The Morgan fingerprint density at radius 3 is 2.52 bits per heavy atom. The predicted molar refractivity (Wildman–Crippen MR) is 89.0 cm³/mol. The normalized spacial score (nSPS) is 17.8.